The maximum absolute atomic E-state index is 13.1. The number of nitrogens with one attached hydrogen (secondary N) is 2. The number of rotatable bonds is 8. The number of carbonyl (C=O) groups is 1. The van der Waals surface area contributed by atoms with E-state index in [2.05, 4.69) is 15.6 Å². The molecule has 1 aliphatic rings. The van der Waals surface area contributed by atoms with Crippen LogP contribution in [0.15, 0.2) is 29.6 Å². The summed E-state index contributed by atoms with van der Waals surface area (Å²) in [6.07, 6.45) is 4.65. The van der Waals surface area contributed by atoms with Crippen LogP contribution in [0.2, 0.25) is 0 Å². The number of carbonyl (C=O) groups excluding carboxylic acids is 1. The molecule has 2 aromatic rings. The maximum Gasteiger partial charge on any atom is 0.233 e. The van der Waals surface area contributed by atoms with Crippen LogP contribution in [0.4, 0.5) is 10.8 Å². The molecule has 1 saturated carbocycles. The molecule has 2 unspecified atom stereocenters. The van der Waals surface area contributed by atoms with Crippen LogP contribution < -0.4 is 10.6 Å². The van der Waals surface area contributed by atoms with Crippen molar-refractivity contribution in [1.82, 2.24) is 4.98 Å². The number of anilines is 2. The fourth-order valence-electron chi connectivity index (χ4n) is 3.67. The third kappa shape index (κ3) is 5.06. The van der Waals surface area contributed by atoms with Gasteiger partial charge in [0.25, 0.3) is 0 Å². The lowest BCUT2D eigenvalue weighted by molar-refractivity contribution is -0.118. The molecular weight excluding hydrogens is 362 g/mol. The fraction of sp³-hybridized carbons (Fsp3) is 0.500. The van der Waals surface area contributed by atoms with Crippen molar-refractivity contribution in [2.24, 2.45) is 5.92 Å². The highest BCUT2D eigenvalue weighted by Gasteiger charge is 2.27. The first-order chi connectivity index (χ1) is 13.1. The minimum Gasteiger partial charge on any atom is -0.393 e. The molecule has 0 radical (unpaired) electrons. The van der Waals surface area contributed by atoms with Crippen LogP contribution in [-0.4, -0.2) is 34.8 Å². The Balaban J connectivity index is 1.78. The molecule has 27 heavy (non-hydrogen) atoms. The lowest BCUT2D eigenvalue weighted by Gasteiger charge is -2.20. The van der Waals surface area contributed by atoms with Crippen LogP contribution in [0.25, 0.3) is 0 Å². The van der Waals surface area contributed by atoms with Crippen LogP contribution in [-0.2, 0) is 4.79 Å². The summed E-state index contributed by atoms with van der Waals surface area (Å²) in [5.74, 6) is 0.258. The van der Waals surface area contributed by atoms with Gasteiger partial charge in [-0.25, -0.2) is 4.98 Å². The zero-order chi connectivity index (χ0) is 19.2. The Labute approximate surface area is 163 Å². The number of thiazole rings is 1. The zero-order valence-corrected chi connectivity index (χ0v) is 16.3. The molecule has 0 bridgehead atoms. The van der Waals surface area contributed by atoms with Crippen LogP contribution in [0.1, 0.15) is 55.4 Å². The second-order valence-electron chi connectivity index (χ2n) is 7.08. The predicted octanol–water partition coefficient (Wildman–Crippen LogP) is 3.51. The van der Waals surface area contributed by atoms with Crippen molar-refractivity contribution in [3.05, 3.63) is 40.9 Å². The van der Waals surface area contributed by atoms with Gasteiger partial charge in [0.15, 0.2) is 5.13 Å². The molecule has 0 aliphatic heterocycles. The summed E-state index contributed by atoms with van der Waals surface area (Å²) < 4.78 is 0. The summed E-state index contributed by atoms with van der Waals surface area (Å²) in [4.78, 5) is 17.3. The highest BCUT2D eigenvalue weighted by Crippen LogP contribution is 2.35. The molecule has 1 amide bonds. The van der Waals surface area contributed by atoms with Gasteiger partial charge in [-0.2, -0.15) is 0 Å². The molecule has 1 aromatic heterocycles. The second-order valence-corrected chi connectivity index (χ2v) is 7.94. The van der Waals surface area contributed by atoms with E-state index >= 15 is 0 Å². The number of amides is 1. The Morgan fingerprint density at radius 1 is 1.37 bits per heavy atom. The Bertz CT molecular complexity index is 758. The molecule has 0 saturated heterocycles. The molecule has 0 spiro atoms. The molecule has 146 valence electrons. The van der Waals surface area contributed by atoms with Gasteiger partial charge >= 0.3 is 0 Å². The molecule has 6 nitrogen and oxygen atoms in total. The predicted molar refractivity (Wildman–Crippen MR) is 108 cm³/mol. The molecular formula is C20H27N3O3S. The van der Waals surface area contributed by atoms with Crippen molar-refractivity contribution in [2.75, 3.05) is 24.3 Å². The van der Waals surface area contributed by atoms with E-state index in [0.29, 0.717) is 16.7 Å². The number of aliphatic hydroxyl groups is 2. The molecule has 7 heteroatoms. The van der Waals surface area contributed by atoms with Gasteiger partial charge in [-0.3, -0.25) is 4.79 Å². The number of benzene rings is 1. The van der Waals surface area contributed by atoms with E-state index in [0.717, 1.165) is 17.7 Å². The van der Waals surface area contributed by atoms with E-state index in [1.54, 1.807) is 5.38 Å². The Morgan fingerprint density at radius 3 is 2.85 bits per heavy atom. The Kier molecular flexibility index (Phi) is 6.82. The zero-order valence-electron chi connectivity index (χ0n) is 15.5. The highest BCUT2D eigenvalue weighted by molar-refractivity contribution is 7.13. The molecule has 2 atom stereocenters. The van der Waals surface area contributed by atoms with Crippen molar-refractivity contribution in [3.8, 4) is 0 Å². The monoisotopic (exact) mass is 389 g/mol. The average molecular weight is 390 g/mol. The van der Waals surface area contributed by atoms with Gasteiger partial charge in [-0.1, -0.05) is 37.8 Å². The molecule has 1 aliphatic carbocycles. The molecule has 1 heterocycles. The van der Waals surface area contributed by atoms with Gasteiger partial charge in [0, 0.05) is 18.1 Å². The van der Waals surface area contributed by atoms with Crippen molar-refractivity contribution >= 4 is 28.1 Å². The van der Waals surface area contributed by atoms with Crippen LogP contribution >= 0.6 is 11.3 Å². The SMILES string of the molecule is CNc1cccc(C(CC2CCCC2)C(=O)Nc2nc(C(O)CO)cs2)c1. The fourth-order valence-corrected chi connectivity index (χ4v) is 4.43. The average Bonchev–Trinajstić information content (AvgIpc) is 3.37. The summed E-state index contributed by atoms with van der Waals surface area (Å²) in [6.45, 7) is -0.391. The third-order valence-corrected chi connectivity index (χ3v) is 5.98. The minimum absolute atomic E-state index is 0.0745. The summed E-state index contributed by atoms with van der Waals surface area (Å²) in [5.41, 5.74) is 2.36. The van der Waals surface area contributed by atoms with Gasteiger partial charge in [0.1, 0.15) is 6.10 Å². The van der Waals surface area contributed by atoms with E-state index in [9.17, 15) is 9.90 Å². The molecule has 1 fully saturated rings. The summed E-state index contributed by atoms with van der Waals surface area (Å²) >= 11 is 1.26. The van der Waals surface area contributed by atoms with E-state index in [-0.39, 0.29) is 11.8 Å². The first kappa shape index (κ1) is 19.8. The highest BCUT2D eigenvalue weighted by atomic mass is 32.1. The summed E-state index contributed by atoms with van der Waals surface area (Å²) in [5, 5.41) is 26.9. The maximum atomic E-state index is 13.1. The van der Waals surface area contributed by atoms with E-state index in [4.69, 9.17) is 5.11 Å². The first-order valence-electron chi connectivity index (χ1n) is 9.43. The lowest BCUT2D eigenvalue weighted by atomic mass is 9.87. The van der Waals surface area contributed by atoms with Crippen LogP contribution in [0, 0.1) is 5.92 Å². The van der Waals surface area contributed by atoms with Crippen LogP contribution in [0.5, 0.6) is 0 Å². The summed E-state index contributed by atoms with van der Waals surface area (Å²) in [7, 11) is 1.87. The van der Waals surface area contributed by atoms with Crippen molar-refractivity contribution in [2.45, 2.75) is 44.1 Å². The molecule has 4 N–H and O–H groups in total. The number of hydrogen-bond donors (Lipinski definition) is 4. The smallest absolute Gasteiger partial charge is 0.233 e. The minimum atomic E-state index is -1.02. The largest absolute Gasteiger partial charge is 0.393 e. The summed E-state index contributed by atoms with van der Waals surface area (Å²) in [6, 6.07) is 7.98. The van der Waals surface area contributed by atoms with Crippen molar-refractivity contribution in [3.63, 3.8) is 0 Å². The third-order valence-electron chi connectivity index (χ3n) is 5.20. The van der Waals surface area contributed by atoms with Gasteiger partial charge < -0.3 is 20.8 Å². The van der Waals surface area contributed by atoms with Crippen molar-refractivity contribution in [1.29, 1.82) is 0 Å². The standard InChI is InChI=1S/C20H27N3O3S/c1-21-15-8-4-7-14(10-15)16(9-13-5-2-3-6-13)19(26)23-20-22-17(12-27-20)18(25)11-24/h4,7-8,10,12-13,16,18,21,24-25H,2-3,5-6,9,11H2,1H3,(H,22,23,26). The number of aliphatic hydroxyl groups excluding tert-OH is 2. The van der Waals surface area contributed by atoms with Gasteiger partial charge in [0.05, 0.1) is 18.2 Å². The van der Waals surface area contributed by atoms with E-state index in [1.165, 1.54) is 37.0 Å². The molecule has 3 rings (SSSR count). The van der Waals surface area contributed by atoms with Gasteiger partial charge in [0.2, 0.25) is 5.91 Å². The number of nitrogens with zero attached hydrogens (tertiary/aromatic N) is 1. The Morgan fingerprint density at radius 2 is 2.15 bits per heavy atom. The van der Waals surface area contributed by atoms with E-state index < -0.39 is 12.7 Å². The van der Waals surface area contributed by atoms with Crippen LogP contribution in [0.3, 0.4) is 0 Å². The quantitative estimate of drug-likeness (QED) is 0.554. The molecule has 1 aromatic carbocycles. The van der Waals surface area contributed by atoms with Gasteiger partial charge in [-0.15, -0.1) is 11.3 Å². The first-order valence-corrected chi connectivity index (χ1v) is 10.3. The van der Waals surface area contributed by atoms with Gasteiger partial charge in [-0.05, 0) is 30.0 Å². The topological polar surface area (TPSA) is 94.5 Å². The van der Waals surface area contributed by atoms with Crippen molar-refractivity contribution < 1.29 is 15.0 Å². The number of aromatic nitrogens is 1. The number of hydrogen-bond acceptors (Lipinski definition) is 6. The Hall–Kier alpha value is -1.96. The van der Waals surface area contributed by atoms with E-state index in [1.807, 2.05) is 31.3 Å². The lowest BCUT2D eigenvalue weighted by Crippen LogP contribution is -2.23. The normalized spacial score (nSPS) is 16.9. The second kappa shape index (κ2) is 9.30.